The van der Waals surface area contributed by atoms with Crippen LogP contribution in [-0.2, 0) is 28.5 Å². The summed E-state index contributed by atoms with van der Waals surface area (Å²) in [6.07, 6.45) is -6.79. The molecule has 0 aliphatic carbocycles. The first-order valence-electron chi connectivity index (χ1n) is 12.4. The topological polar surface area (TPSA) is 216 Å². The van der Waals surface area contributed by atoms with E-state index in [2.05, 4.69) is 10.6 Å². The molecule has 11 atom stereocenters. The van der Waals surface area contributed by atoms with Gasteiger partial charge in [0.25, 0.3) is 5.91 Å². The molecule has 0 radical (unpaired) electrons. The van der Waals surface area contributed by atoms with Crippen molar-refractivity contribution in [1.82, 2.24) is 10.6 Å². The van der Waals surface area contributed by atoms with Crippen LogP contribution in [0.25, 0.3) is 0 Å². The second-order valence-electron chi connectivity index (χ2n) is 9.46. The zero-order valence-electron chi connectivity index (χ0n) is 21.4. The number of aliphatic hydroxyl groups excluding tert-OH is 6. The smallest absolute Gasteiger partial charge is 0.251 e. The highest BCUT2D eigenvalue weighted by Crippen LogP contribution is 2.30. The number of hydrogen-bond donors (Lipinski definition) is 8. The Hall–Kier alpha value is -1.46. The summed E-state index contributed by atoms with van der Waals surface area (Å²) in [6.45, 7) is 1.20. The van der Waals surface area contributed by atoms with Crippen molar-refractivity contribution in [3.8, 4) is 0 Å². The van der Waals surface area contributed by atoms with E-state index in [0.29, 0.717) is 6.42 Å². The Balaban J connectivity index is 2.14. The van der Waals surface area contributed by atoms with Crippen molar-refractivity contribution >= 4 is 11.8 Å². The van der Waals surface area contributed by atoms with E-state index in [1.54, 1.807) is 6.92 Å². The summed E-state index contributed by atoms with van der Waals surface area (Å²) in [5, 5.41) is 65.4. The summed E-state index contributed by atoms with van der Waals surface area (Å²) in [7, 11) is 1.44. The van der Waals surface area contributed by atoms with E-state index in [9.17, 15) is 35.1 Å². The molecule has 0 spiro atoms. The number of rotatable bonds is 13. The largest absolute Gasteiger partial charge is 0.394 e. The van der Waals surface area contributed by atoms with Crippen molar-refractivity contribution in [2.75, 3.05) is 46.8 Å². The average Bonchev–Trinajstić information content (AvgIpc) is 2.87. The molecule has 2 amide bonds. The fourth-order valence-electron chi connectivity index (χ4n) is 5.00. The minimum Gasteiger partial charge on any atom is -0.394 e. The molecule has 216 valence electrons. The van der Waals surface area contributed by atoms with Gasteiger partial charge in [-0.2, -0.15) is 0 Å². The summed E-state index contributed by atoms with van der Waals surface area (Å²) < 4.78 is 22.7. The molecule has 2 saturated heterocycles. The SMILES string of the molecule is CC[C@@H]1C(CO)O[C@@H](COC[C@@H]2C(CO)O[C@@H](COC)C(NC(C)=O)[C@@H]2O)C(NC(=O)C(O)CO)[C@@H]1O. The van der Waals surface area contributed by atoms with Gasteiger partial charge in [0, 0.05) is 25.9 Å². The Morgan fingerprint density at radius 2 is 1.41 bits per heavy atom. The first kappa shape index (κ1) is 31.8. The number of amides is 2. The zero-order valence-corrected chi connectivity index (χ0v) is 21.4. The van der Waals surface area contributed by atoms with Gasteiger partial charge in [-0.3, -0.25) is 9.59 Å². The predicted octanol–water partition coefficient (Wildman–Crippen LogP) is -4.12. The van der Waals surface area contributed by atoms with E-state index in [1.807, 2.05) is 0 Å². The quantitative estimate of drug-likeness (QED) is 0.112. The third-order valence-electron chi connectivity index (χ3n) is 6.98. The van der Waals surface area contributed by atoms with Gasteiger partial charge in [0.05, 0.1) is 76.1 Å². The maximum absolute atomic E-state index is 12.2. The zero-order chi connectivity index (χ0) is 27.7. The second kappa shape index (κ2) is 15.2. The molecule has 0 aromatic carbocycles. The van der Waals surface area contributed by atoms with Gasteiger partial charge in [-0.25, -0.2) is 0 Å². The van der Waals surface area contributed by atoms with Crippen molar-refractivity contribution in [2.24, 2.45) is 11.8 Å². The minimum atomic E-state index is -1.70. The van der Waals surface area contributed by atoms with Crippen molar-refractivity contribution in [3.63, 3.8) is 0 Å². The number of hydrogen-bond acceptors (Lipinski definition) is 12. The Labute approximate surface area is 215 Å². The molecule has 2 aliphatic heterocycles. The van der Waals surface area contributed by atoms with Crippen molar-refractivity contribution in [2.45, 2.75) is 75.1 Å². The van der Waals surface area contributed by atoms with Gasteiger partial charge in [0.1, 0.15) is 12.2 Å². The molecule has 14 heteroatoms. The molecule has 5 unspecified atom stereocenters. The fourth-order valence-corrected chi connectivity index (χ4v) is 5.00. The normalized spacial score (nSPS) is 37.1. The molecule has 0 bridgehead atoms. The number of nitrogens with one attached hydrogen (secondary N) is 2. The van der Waals surface area contributed by atoms with Crippen LogP contribution in [0.1, 0.15) is 20.3 Å². The lowest BCUT2D eigenvalue weighted by Crippen LogP contribution is -2.64. The van der Waals surface area contributed by atoms with E-state index in [0.717, 1.165) is 0 Å². The Kier molecular flexibility index (Phi) is 13.1. The second-order valence-corrected chi connectivity index (χ2v) is 9.46. The molecule has 2 fully saturated rings. The van der Waals surface area contributed by atoms with E-state index < -0.39 is 85.8 Å². The lowest BCUT2D eigenvalue weighted by molar-refractivity contribution is -0.206. The van der Waals surface area contributed by atoms with Gasteiger partial charge in [-0.05, 0) is 6.42 Å². The van der Waals surface area contributed by atoms with Crippen LogP contribution in [-0.4, -0.2) is 144 Å². The van der Waals surface area contributed by atoms with E-state index in [1.165, 1.54) is 14.0 Å². The first-order valence-corrected chi connectivity index (χ1v) is 12.4. The van der Waals surface area contributed by atoms with Gasteiger partial charge in [0.15, 0.2) is 6.10 Å². The van der Waals surface area contributed by atoms with E-state index >= 15 is 0 Å². The predicted molar refractivity (Wildman–Crippen MR) is 126 cm³/mol. The van der Waals surface area contributed by atoms with Crippen LogP contribution in [0.3, 0.4) is 0 Å². The summed E-state index contributed by atoms with van der Waals surface area (Å²) in [4.78, 5) is 23.9. The monoisotopic (exact) mass is 538 g/mol. The highest BCUT2D eigenvalue weighted by atomic mass is 16.6. The summed E-state index contributed by atoms with van der Waals surface area (Å²) in [6, 6.07) is -1.85. The lowest BCUT2D eigenvalue weighted by Gasteiger charge is -2.46. The molecule has 8 N–H and O–H groups in total. The Morgan fingerprint density at radius 1 is 0.865 bits per heavy atom. The fraction of sp³-hybridized carbons (Fsp3) is 0.913. The average molecular weight is 539 g/mol. The molecule has 0 aromatic rings. The van der Waals surface area contributed by atoms with Crippen molar-refractivity contribution in [3.05, 3.63) is 0 Å². The Bertz CT molecular complexity index is 715. The number of carbonyl (C=O) groups is 2. The molecular weight excluding hydrogens is 496 g/mol. The van der Waals surface area contributed by atoms with Crippen molar-refractivity contribution < 1.29 is 59.2 Å². The molecule has 2 rings (SSSR count). The van der Waals surface area contributed by atoms with Gasteiger partial charge >= 0.3 is 0 Å². The molecule has 0 aromatic heterocycles. The van der Waals surface area contributed by atoms with Crippen molar-refractivity contribution in [1.29, 1.82) is 0 Å². The highest BCUT2D eigenvalue weighted by molar-refractivity contribution is 5.81. The van der Waals surface area contributed by atoms with E-state index in [-0.39, 0.29) is 32.3 Å². The summed E-state index contributed by atoms with van der Waals surface area (Å²) >= 11 is 0. The van der Waals surface area contributed by atoms with Gasteiger partial charge in [-0.1, -0.05) is 6.92 Å². The molecular formula is C23H42N2O12. The van der Waals surface area contributed by atoms with Crippen LogP contribution >= 0.6 is 0 Å². The molecule has 37 heavy (non-hydrogen) atoms. The van der Waals surface area contributed by atoms with Crippen LogP contribution in [0, 0.1) is 11.8 Å². The molecule has 14 nitrogen and oxygen atoms in total. The van der Waals surface area contributed by atoms with Crippen LogP contribution in [0.5, 0.6) is 0 Å². The number of methoxy groups -OCH3 is 1. The van der Waals surface area contributed by atoms with Crippen LogP contribution in [0.4, 0.5) is 0 Å². The third kappa shape index (κ3) is 8.02. The lowest BCUT2D eigenvalue weighted by atomic mass is 9.83. The maximum Gasteiger partial charge on any atom is 0.251 e. The number of ether oxygens (including phenoxy) is 4. The van der Waals surface area contributed by atoms with Crippen LogP contribution < -0.4 is 10.6 Å². The maximum atomic E-state index is 12.2. The van der Waals surface area contributed by atoms with Gasteiger partial charge in [-0.15, -0.1) is 0 Å². The van der Waals surface area contributed by atoms with E-state index in [4.69, 9.17) is 24.1 Å². The summed E-state index contributed by atoms with van der Waals surface area (Å²) in [5.41, 5.74) is 0. The first-order chi connectivity index (χ1) is 17.6. The molecule has 0 saturated carbocycles. The number of aliphatic hydroxyl groups is 6. The van der Waals surface area contributed by atoms with Gasteiger partial charge in [0.2, 0.25) is 5.91 Å². The summed E-state index contributed by atoms with van der Waals surface area (Å²) in [5.74, 6) is -2.56. The molecule has 2 aliphatic rings. The van der Waals surface area contributed by atoms with Gasteiger partial charge < -0.3 is 60.2 Å². The standard InChI is InChI=1S/C23H42N2O12/c1-4-12-15(6-27)36-18(20(21(12)31)25-23(33)14(30)5-26)10-35-8-13-16(7-28)37-17(9-34-3)19(22(13)32)24-11(2)29/h12-22,26-28,30-32H,4-10H2,1-3H3,(H,24,29)(H,25,33)/t12-,13-,14?,15?,16?,17+,18+,19?,20?,21-,22-/m1/s1. The van der Waals surface area contributed by atoms with Crippen LogP contribution in [0.2, 0.25) is 0 Å². The van der Waals surface area contributed by atoms with Crippen LogP contribution in [0.15, 0.2) is 0 Å². The minimum absolute atomic E-state index is 0.0715. The molecule has 2 heterocycles. The number of carbonyl (C=O) groups excluding carboxylic acids is 2. The highest BCUT2D eigenvalue weighted by Gasteiger charge is 2.47. The Morgan fingerprint density at radius 3 is 1.92 bits per heavy atom. The third-order valence-corrected chi connectivity index (χ3v) is 6.98.